The Kier molecular flexibility index (Phi) is 34.0. The monoisotopic (exact) mass is 825 g/mol. The van der Waals surface area contributed by atoms with Crippen LogP contribution in [0, 0.1) is 17.8 Å². The van der Waals surface area contributed by atoms with Crippen molar-refractivity contribution in [2.45, 2.75) is 180 Å². The van der Waals surface area contributed by atoms with Crippen molar-refractivity contribution < 1.29 is 53.2 Å². The normalized spacial score (nSPS) is 15.8. The molecule has 0 aromatic carbocycles. The van der Waals surface area contributed by atoms with Gasteiger partial charge in [0.05, 0.1) is 25.7 Å². The number of ether oxygens (including phenoxy) is 3. The van der Waals surface area contributed by atoms with Gasteiger partial charge >= 0.3 is 11.9 Å². The fraction of sp³-hybridized carbons (Fsp3) is 0.867. The minimum absolute atomic E-state index is 0.00911. The van der Waals surface area contributed by atoms with E-state index in [-0.39, 0.29) is 81.5 Å². The Hall–Kier alpha value is -2.90. The lowest BCUT2D eigenvalue weighted by Gasteiger charge is -2.28. The summed E-state index contributed by atoms with van der Waals surface area (Å²) in [4.78, 5) is 71.9. The zero-order chi connectivity index (χ0) is 42.5. The lowest BCUT2D eigenvalue weighted by Crippen LogP contribution is -2.33. The van der Waals surface area contributed by atoms with Crippen LogP contribution < -0.4 is 10.6 Å². The maximum atomic E-state index is 13.0. The highest BCUT2D eigenvalue weighted by atomic mass is 16.5. The average molecular weight is 825 g/mol. The molecule has 1 unspecified atom stereocenters. The molecule has 4 N–H and O–H groups in total. The summed E-state index contributed by atoms with van der Waals surface area (Å²) in [5, 5.41) is 24.2. The number of carbonyl (C=O) groups excluding carboxylic acids is 4. The quantitative estimate of drug-likeness (QED) is 0.0437. The number of carboxylic acids is 2. The number of ketones is 2. The second-order valence-corrected chi connectivity index (χ2v) is 16.2. The molecule has 0 bridgehead atoms. The molecule has 1 fully saturated rings. The molecule has 1 atom stereocenters. The summed E-state index contributed by atoms with van der Waals surface area (Å²) in [5.74, 6) is -2.74. The van der Waals surface area contributed by atoms with Crippen molar-refractivity contribution in [1.82, 2.24) is 10.6 Å². The van der Waals surface area contributed by atoms with E-state index in [0.29, 0.717) is 64.2 Å². The van der Waals surface area contributed by atoms with E-state index in [9.17, 15) is 33.9 Å². The largest absolute Gasteiger partial charge is 0.481 e. The van der Waals surface area contributed by atoms with Gasteiger partial charge in [0.2, 0.25) is 11.8 Å². The summed E-state index contributed by atoms with van der Waals surface area (Å²) < 4.78 is 15.9. The summed E-state index contributed by atoms with van der Waals surface area (Å²) in [5.41, 5.74) is 0. The molecule has 1 aliphatic carbocycles. The number of hydrogen-bond donors (Lipinski definition) is 4. The van der Waals surface area contributed by atoms with E-state index in [2.05, 4.69) is 10.6 Å². The number of aliphatic carboxylic acids is 2. The second-order valence-electron chi connectivity index (χ2n) is 16.2. The van der Waals surface area contributed by atoms with Crippen LogP contribution in [0.25, 0.3) is 0 Å². The van der Waals surface area contributed by atoms with Gasteiger partial charge in [0, 0.05) is 64.3 Å². The minimum Gasteiger partial charge on any atom is -0.481 e. The molecule has 336 valence electrons. The Labute approximate surface area is 349 Å². The Bertz CT molecular complexity index is 1110. The number of carboxylic acid groups (broad SMARTS) is 2. The predicted octanol–water partition coefficient (Wildman–Crippen LogP) is 7.99. The molecule has 0 radical (unpaired) electrons. The molecule has 0 spiro atoms. The summed E-state index contributed by atoms with van der Waals surface area (Å²) in [6, 6.07) is 0. The third kappa shape index (κ3) is 32.0. The van der Waals surface area contributed by atoms with Crippen LogP contribution >= 0.6 is 0 Å². The van der Waals surface area contributed by atoms with Gasteiger partial charge in [-0.1, -0.05) is 89.9 Å². The lowest BCUT2D eigenvalue weighted by atomic mass is 9.78. The van der Waals surface area contributed by atoms with Crippen molar-refractivity contribution in [2.24, 2.45) is 17.8 Å². The molecule has 13 heteroatoms. The van der Waals surface area contributed by atoms with Gasteiger partial charge in [0.25, 0.3) is 0 Å². The van der Waals surface area contributed by atoms with Gasteiger partial charge in [0.1, 0.15) is 12.4 Å². The highest BCUT2D eigenvalue weighted by Gasteiger charge is 2.30. The smallest absolute Gasteiger partial charge is 0.306 e. The van der Waals surface area contributed by atoms with Gasteiger partial charge in [-0.15, -0.1) is 0 Å². The van der Waals surface area contributed by atoms with Crippen LogP contribution in [0.15, 0.2) is 0 Å². The van der Waals surface area contributed by atoms with Crippen molar-refractivity contribution in [3.8, 4) is 0 Å². The summed E-state index contributed by atoms with van der Waals surface area (Å²) in [6.45, 7) is 4.84. The topological polar surface area (TPSA) is 195 Å². The maximum absolute atomic E-state index is 13.0. The second kappa shape index (κ2) is 37.1. The summed E-state index contributed by atoms with van der Waals surface area (Å²) in [6.07, 6.45) is 23.9. The Morgan fingerprint density at radius 3 is 1.66 bits per heavy atom. The summed E-state index contributed by atoms with van der Waals surface area (Å²) in [7, 11) is 0. The SMILES string of the molecule is CCOCCCC(=O)COCCOCCNC(=O)CCC(CC(=O)C1CCC(CNC(=O)CCCCCCCCCCCCCCCCCCC(=O)O)CC1)C(=O)O. The number of unbranched alkanes of at least 4 members (excludes halogenated alkanes) is 15. The number of nitrogens with one attached hydrogen (secondary N) is 2. The van der Waals surface area contributed by atoms with Crippen molar-refractivity contribution in [1.29, 1.82) is 0 Å². The van der Waals surface area contributed by atoms with E-state index < -0.39 is 17.9 Å². The molecular weight excluding hydrogens is 744 g/mol. The van der Waals surface area contributed by atoms with Gasteiger partial charge < -0.3 is 35.1 Å². The van der Waals surface area contributed by atoms with E-state index in [1.807, 2.05) is 6.92 Å². The van der Waals surface area contributed by atoms with Gasteiger partial charge in [-0.3, -0.25) is 28.8 Å². The van der Waals surface area contributed by atoms with Crippen molar-refractivity contribution >= 4 is 35.3 Å². The Morgan fingerprint density at radius 1 is 0.569 bits per heavy atom. The molecule has 1 aliphatic rings. The van der Waals surface area contributed by atoms with Crippen LogP contribution in [-0.2, 0) is 43.0 Å². The highest BCUT2D eigenvalue weighted by molar-refractivity contribution is 5.86. The molecule has 0 aromatic rings. The van der Waals surface area contributed by atoms with Crippen molar-refractivity contribution in [3.63, 3.8) is 0 Å². The fourth-order valence-electron chi connectivity index (χ4n) is 7.44. The Morgan fingerprint density at radius 2 is 1.10 bits per heavy atom. The number of hydrogen-bond acceptors (Lipinski definition) is 9. The summed E-state index contributed by atoms with van der Waals surface area (Å²) >= 11 is 0. The first-order valence-corrected chi connectivity index (χ1v) is 22.9. The van der Waals surface area contributed by atoms with Crippen LogP contribution in [0.2, 0.25) is 0 Å². The van der Waals surface area contributed by atoms with Crippen LogP contribution in [0.4, 0.5) is 0 Å². The zero-order valence-corrected chi connectivity index (χ0v) is 36.0. The van der Waals surface area contributed by atoms with E-state index in [1.54, 1.807) is 0 Å². The molecule has 0 heterocycles. The number of amides is 2. The zero-order valence-electron chi connectivity index (χ0n) is 36.0. The first kappa shape index (κ1) is 53.1. The molecule has 0 aliphatic heterocycles. The lowest BCUT2D eigenvalue weighted by molar-refractivity contribution is -0.145. The van der Waals surface area contributed by atoms with Crippen LogP contribution in [0.1, 0.15) is 180 Å². The van der Waals surface area contributed by atoms with Gasteiger partial charge in [0.15, 0.2) is 5.78 Å². The predicted molar refractivity (Wildman–Crippen MR) is 225 cm³/mol. The number of Topliss-reactive ketones (excluding diaryl/α,β-unsaturated/α-hetero) is 2. The minimum atomic E-state index is -1.07. The van der Waals surface area contributed by atoms with E-state index in [0.717, 1.165) is 44.9 Å². The first-order chi connectivity index (χ1) is 28.1. The number of rotatable bonds is 41. The molecule has 58 heavy (non-hydrogen) atoms. The first-order valence-electron chi connectivity index (χ1n) is 22.9. The molecule has 1 rings (SSSR count). The molecule has 0 saturated heterocycles. The van der Waals surface area contributed by atoms with E-state index in [1.165, 1.54) is 70.6 Å². The molecule has 0 aromatic heterocycles. The Balaban J connectivity index is 2.01. The number of carbonyl (C=O) groups is 6. The maximum Gasteiger partial charge on any atom is 0.306 e. The highest BCUT2D eigenvalue weighted by Crippen LogP contribution is 2.31. The third-order valence-electron chi connectivity index (χ3n) is 11.1. The van der Waals surface area contributed by atoms with Gasteiger partial charge in [-0.05, 0) is 64.2 Å². The standard InChI is InChI=1S/C45H80N2O11/c1-2-56-30-19-20-40(48)36-58-33-32-57-31-29-46-43(51)28-27-39(45(54)55)34-41(49)38-25-23-37(24-26-38)35-47-42(50)21-17-15-13-11-9-7-5-3-4-6-8-10-12-14-16-18-22-44(52)53/h37-39H,2-36H2,1H3,(H,46,51)(H,47,50)(H,52,53)(H,54,55). The molecule has 1 saturated carbocycles. The van der Waals surface area contributed by atoms with Crippen molar-refractivity contribution in [2.75, 3.05) is 52.7 Å². The van der Waals surface area contributed by atoms with E-state index in [4.69, 9.17) is 19.3 Å². The average Bonchev–Trinajstić information content (AvgIpc) is 3.20. The molecular formula is C45H80N2O11. The van der Waals surface area contributed by atoms with Crippen molar-refractivity contribution in [3.05, 3.63) is 0 Å². The third-order valence-corrected chi connectivity index (χ3v) is 11.1. The molecule has 2 amide bonds. The van der Waals surface area contributed by atoms with E-state index >= 15 is 0 Å². The van der Waals surface area contributed by atoms with Crippen LogP contribution in [-0.4, -0.2) is 98.3 Å². The van der Waals surface area contributed by atoms with Crippen LogP contribution in [0.3, 0.4) is 0 Å². The molecule has 13 nitrogen and oxygen atoms in total. The fourth-order valence-corrected chi connectivity index (χ4v) is 7.44. The van der Waals surface area contributed by atoms with Crippen LogP contribution in [0.5, 0.6) is 0 Å². The van der Waals surface area contributed by atoms with Gasteiger partial charge in [-0.2, -0.15) is 0 Å². The van der Waals surface area contributed by atoms with Gasteiger partial charge in [-0.25, -0.2) is 0 Å².